The van der Waals surface area contributed by atoms with Crippen LogP contribution in [0.1, 0.15) is 23.1 Å². The van der Waals surface area contributed by atoms with E-state index in [2.05, 4.69) is 71.8 Å². The molecular formula is C25H26N8. The highest BCUT2D eigenvalue weighted by molar-refractivity contribution is 5.74. The third-order valence-corrected chi connectivity index (χ3v) is 6.95. The zero-order chi connectivity index (χ0) is 22.3. The van der Waals surface area contributed by atoms with E-state index in [0.717, 1.165) is 41.9 Å². The molecule has 33 heavy (non-hydrogen) atoms. The lowest BCUT2D eigenvalue weighted by Gasteiger charge is -2.59. The second-order valence-electron chi connectivity index (χ2n) is 8.89. The van der Waals surface area contributed by atoms with Gasteiger partial charge in [0.15, 0.2) is 0 Å². The molecule has 3 unspecified atom stereocenters. The zero-order valence-electron chi connectivity index (χ0n) is 18.5. The summed E-state index contributed by atoms with van der Waals surface area (Å²) in [5, 5.41) is 15.2. The summed E-state index contributed by atoms with van der Waals surface area (Å²) in [5.74, 6) is 6.63. The molecule has 3 saturated heterocycles. The van der Waals surface area contributed by atoms with Crippen molar-refractivity contribution in [3.8, 4) is 11.8 Å². The molecule has 166 valence electrons. The van der Waals surface area contributed by atoms with E-state index in [1.807, 2.05) is 42.5 Å². The summed E-state index contributed by atoms with van der Waals surface area (Å²) in [4.78, 5) is 9.15. The molecule has 0 aliphatic carbocycles. The number of pyridine rings is 1. The number of aryl methyl sites for hydroxylation is 1. The van der Waals surface area contributed by atoms with E-state index in [4.69, 9.17) is 0 Å². The van der Waals surface area contributed by atoms with Gasteiger partial charge in [0, 0.05) is 85.5 Å². The molecule has 2 N–H and O–H groups in total. The third kappa shape index (κ3) is 3.55. The first-order chi connectivity index (χ1) is 16.2. The molecule has 3 fully saturated rings. The number of aromatic nitrogens is 5. The van der Waals surface area contributed by atoms with Crippen LogP contribution in [0.3, 0.4) is 0 Å². The monoisotopic (exact) mass is 438 g/mol. The standard InChI is InChI=1S/C25H26N8/c1-31-16-22(15-30-31)25(7-4-20(12-27-25)21-13-28-29-14-21)32-17-23-11-24(18-32)33(23)10-2-3-19-5-8-26-9-6-19/h4-9,12-16,23-24,27H,10-11,17-18H2,1H3,(H,28,29). The first-order valence-electron chi connectivity index (χ1n) is 11.3. The summed E-state index contributed by atoms with van der Waals surface area (Å²) >= 11 is 0. The number of hydrogen-bond acceptors (Lipinski definition) is 6. The SMILES string of the molecule is Cn1cc(C2(N3CC4CC(C3)N4CC#Cc3ccncc3)C=CC(c3cn[nH]c3)=CN2)cn1. The predicted molar refractivity (Wildman–Crippen MR) is 125 cm³/mol. The van der Waals surface area contributed by atoms with Crippen molar-refractivity contribution in [2.24, 2.45) is 7.05 Å². The maximum absolute atomic E-state index is 4.46. The largest absolute Gasteiger partial charge is 0.365 e. The molecule has 7 heterocycles. The topological polar surface area (TPSA) is 77.9 Å². The van der Waals surface area contributed by atoms with E-state index in [9.17, 15) is 0 Å². The number of aromatic amines is 1. The number of rotatable bonds is 4. The first kappa shape index (κ1) is 20.0. The van der Waals surface area contributed by atoms with Gasteiger partial charge < -0.3 is 5.32 Å². The Kier molecular flexibility index (Phi) is 4.86. The Morgan fingerprint density at radius 2 is 2.03 bits per heavy atom. The Morgan fingerprint density at radius 1 is 1.18 bits per heavy atom. The summed E-state index contributed by atoms with van der Waals surface area (Å²) < 4.78 is 1.87. The minimum Gasteiger partial charge on any atom is -0.365 e. The van der Waals surface area contributed by atoms with Gasteiger partial charge in [0.1, 0.15) is 5.66 Å². The molecule has 8 nitrogen and oxygen atoms in total. The average Bonchev–Trinajstić information content (AvgIpc) is 3.55. The fraction of sp³-hybridized carbons (Fsp3) is 0.320. The highest BCUT2D eigenvalue weighted by atomic mass is 15.4. The molecule has 3 aromatic heterocycles. The minimum atomic E-state index is -0.410. The van der Waals surface area contributed by atoms with Gasteiger partial charge in [0.25, 0.3) is 0 Å². The summed E-state index contributed by atoms with van der Waals surface area (Å²) in [5.41, 5.74) is 3.93. The van der Waals surface area contributed by atoms with Crippen molar-refractivity contribution in [2.75, 3.05) is 19.6 Å². The molecule has 2 bridgehead atoms. The van der Waals surface area contributed by atoms with Gasteiger partial charge in [-0.2, -0.15) is 10.2 Å². The third-order valence-electron chi connectivity index (χ3n) is 6.95. The van der Waals surface area contributed by atoms with Gasteiger partial charge in [-0.1, -0.05) is 17.9 Å². The molecule has 0 aromatic carbocycles. The van der Waals surface area contributed by atoms with E-state index in [1.54, 1.807) is 12.4 Å². The number of allylic oxidation sites excluding steroid dienone is 2. The predicted octanol–water partition coefficient (Wildman–Crippen LogP) is 1.70. The normalized spacial score (nSPS) is 26.6. The lowest BCUT2D eigenvalue weighted by Crippen LogP contribution is -2.73. The molecule has 4 aliphatic heterocycles. The molecule has 0 amide bonds. The Morgan fingerprint density at radius 3 is 2.70 bits per heavy atom. The highest BCUT2D eigenvalue weighted by Crippen LogP contribution is 2.40. The molecule has 0 saturated carbocycles. The van der Waals surface area contributed by atoms with Gasteiger partial charge in [0.2, 0.25) is 0 Å². The Hall–Kier alpha value is -3.67. The van der Waals surface area contributed by atoms with Crippen LogP contribution in [-0.2, 0) is 12.7 Å². The molecule has 7 rings (SSSR count). The number of piperidine rings is 1. The molecule has 8 heteroatoms. The Labute approximate surface area is 193 Å². The summed E-state index contributed by atoms with van der Waals surface area (Å²) in [7, 11) is 1.97. The highest BCUT2D eigenvalue weighted by Gasteiger charge is 2.50. The van der Waals surface area contributed by atoms with Crippen LogP contribution in [0.15, 0.2) is 67.7 Å². The van der Waals surface area contributed by atoms with Crippen LogP contribution in [0.25, 0.3) is 5.57 Å². The van der Waals surface area contributed by atoms with E-state index in [0.29, 0.717) is 12.1 Å². The van der Waals surface area contributed by atoms with Crippen molar-refractivity contribution in [2.45, 2.75) is 24.2 Å². The van der Waals surface area contributed by atoms with E-state index in [1.165, 1.54) is 6.42 Å². The van der Waals surface area contributed by atoms with Crippen LogP contribution in [0.4, 0.5) is 0 Å². The number of H-pyrrole nitrogens is 1. The zero-order valence-corrected chi connectivity index (χ0v) is 18.5. The number of piperazine rings is 1. The smallest absolute Gasteiger partial charge is 0.140 e. The van der Waals surface area contributed by atoms with Crippen LogP contribution in [0.2, 0.25) is 0 Å². The Bertz CT molecular complexity index is 1230. The quantitative estimate of drug-likeness (QED) is 0.604. The van der Waals surface area contributed by atoms with Gasteiger partial charge in [0.05, 0.1) is 18.9 Å². The molecule has 3 atom stereocenters. The van der Waals surface area contributed by atoms with E-state index in [-0.39, 0.29) is 0 Å². The number of nitrogens with zero attached hydrogens (tertiary/aromatic N) is 6. The van der Waals surface area contributed by atoms with Gasteiger partial charge in [-0.25, -0.2) is 0 Å². The second kappa shape index (κ2) is 8.03. The van der Waals surface area contributed by atoms with Gasteiger partial charge in [-0.05, 0) is 24.6 Å². The van der Waals surface area contributed by atoms with Crippen LogP contribution in [0.5, 0.6) is 0 Å². The summed E-state index contributed by atoms with van der Waals surface area (Å²) in [6.45, 7) is 2.77. The van der Waals surface area contributed by atoms with Crippen molar-refractivity contribution in [1.82, 2.24) is 40.1 Å². The summed E-state index contributed by atoms with van der Waals surface area (Å²) in [6, 6.07) is 4.93. The van der Waals surface area contributed by atoms with Crippen molar-refractivity contribution >= 4 is 5.57 Å². The number of fused-ring (bicyclic) bond motifs is 2. The van der Waals surface area contributed by atoms with Crippen molar-refractivity contribution < 1.29 is 0 Å². The van der Waals surface area contributed by atoms with Crippen LogP contribution >= 0.6 is 0 Å². The van der Waals surface area contributed by atoms with Crippen molar-refractivity contribution in [1.29, 1.82) is 0 Å². The number of hydrogen-bond donors (Lipinski definition) is 2. The van der Waals surface area contributed by atoms with Crippen molar-refractivity contribution in [3.05, 3.63) is 84.4 Å². The lowest BCUT2D eigenvalue weighted by molar-refractivity contribution is -0.0946. The van der Waals surface area contributed by atoms with E-state index >= 15 is 0 Å². The number of nitrogens with one attached hydrogen (secondary N) is 2. The maximum Gasteiger partial charge on any atom is 0.140 e. The van der Waals surface area contributed by atoms with Crippen molar-refractivity contribution in [3.63, 3.8) is 0 Å². The van der Waals surface area contributed by atoms with Crippen LogP contribution < -0.4 is 5.32 Å². The second-order valence-corrected chi connectivity index (χ2v) is 8.89. The van der Waals surface area contributed by atoms with Gasteiger partial charge in [-0.15, -0.1) is 0 Å². The van der Waals surface area contributed by atoms with Gasteiger partial charge >= 0.3 is 0 Å². The number of dihydropyridines is 1. The summed E-state index contributed by atoms with van der Waals surface area (Å²) in [6.07, 6.45) is 19.2. The Balaban J connectivity index is 1.20. The van der Waals surface area contributed by atoms with Gasteiger partial charge in [-0.3, -0.25) is 24.6 Å². The molecule has 3 aromatic rings. The molecule has 4 aliphatic rings. The first-order valence-corrected chi connectivity index (χ1v) is 11.3. The minimum absolute atomic E-state index is 0.410. The molecule has 0 radical (unpaired) electrons. The lowest BCUT2D eigenvalue weighted by atomic mass is 9.83. The maximum atomic E-state index is 4.46. The fourth-order valence-electron chi connectivity index (χ4n) is 5.16. The van der Waals surface area contributed by atoms with Crippen LogP contribution in [-0.4, -0.2) is 66.5 Å². The average molecular weight is 439 g/mol. The van der Waals surface area contributed by atoms with E-state index < -0.39 is 5.66 Å². The molecule has 0 spiro atoms. The van der Waals surface area contributed by atoms with Crippen LogP contribution in [0, 0.1) is 11.8 Å². The molecular weight excluding hydrogens is 412 g/mol. The fourth-order valence-corrected chi connectivity index (χ4v) is 5.16.